The van der Waals surface area contributed by atoms with Crippen LogP contribution in [-0.4, -0.2) is 15.0 Å². The van der Waals surface area contributed by atoms with Crippen molar-refractivity contribution in [3.63, 3.8) is 0 Å². The number of furan rings is 1. The van der Waals surface area contributed by atoms with Crippen LogP contribution in [0.5, 0.6) is 0 Å². The highest BCUT2D eigenvalue weighted by molar-refractivity contribution is 6.18. The average molecular weight is 667 g/mol. The molecule has 5 nitrogen and oxygen atoms in total. The number of nitrogens with zero attached hydrogens (tertiary/aromatic N) is 4. The fraction of sp³-hybridized carbons (Fsp3) is 0. The Hall–Kier alpha value is -7.11. The second kappa shape index (κ2) is 12.3. The topological polar surface area (TPSA) is 55.1 Å². The van der Waals surface area contributed by atoms with Gasteiger partial charge in [-0.15, -0.1) is 0 Å². The molecule has 244 valence electrons. The van der Waals surface area contributed by atoms with Crippen LogP contribution in [-0.2, 0) is 0 Å². The number of benzene rings is 8. The molecule has 0 N–H and O–H groups in total. The number of fused-ring (bicyclic) bond motifs is 6. The van der Waals surface area contributed by atoms with E-state index in [4.69, 9.17) is 19.4 Å². The van der Waals surface area contributed by atoms with Crippen molar-refractivity contribution in [1.29, 1.82) is 0 Å². The molecule has 0 aliphatic rings. The minimum Gasteiger partial charge on any atom is -0.456 e. The fourth-order valence-corrected chi connectivity index (χ4v) is 7.27. The van der Waals surface area contributed by atoms with Crippen LogP contribution >= 0.6 is 0 Å². The van der Waals surface area contributed by atoms with E-state index in [1.54, 1.807) is 0 Å². The predicted octanol–water partition coefficient (Wildman–Crippen LogP) is 12.5. The van der Waals surface area contributed by atoms with Gasteiger partial charge >= 0.3 is 0 Å². The van der Waals surface area contributed by atoms with Gasteiger partial charge in [-0.1, -0.05) is 140 Å². The molecule has 0 saturated carbocycles. The Labute approximate surface area is 300 Å². The highest BCUT2D eigenvalue weighted by atomic mass is 16.3. The Morgan fingerprint density at radius 1 is 0.365 bits per heavy atom. The number of hydrogen-bond acceptors (Lipinski definition) is 5. The van der Waals surface area contributed by atoms with Crippen LogP contribution in [0, 0.1) is 0 Å². The molecule has 10 rings (SSSR count). The lowest BCUT2D eigenvalue weighted by Gasteiger charge is -2.28. The summed E-state index contributed by atoms with van der Waals surface area (Å²) in [6.07, 6.45) is 0. The first-order chi connectivity index (χ1) is 25.8. The fourth-order valence-electron chi connectivity index (χ4n) is 7.27. The van der Waals surface area contributed by atoms with Gasteiger partial charge in [0.15, 0.2) is 17.5 Å². The SMILES string of the molecule is c1ccc(-c2nc(-c3ccccc3)nc(-c3ccc4c(c3)oc3cccc(N(c5ccccc5)c5cc6ccccc6c6ccccc56)c34)n2)cc1. The molecule has 8 aromatic carbocycles. The third kappa shape index (κ3) is 5.07. The van der Waals surface area contributed by atoms with Crippen molar-refractivity contribution in [3.8, 4) is 34.2 Å². The zero-order valence-corrected chi connectivity index (χ0v) is 28.0. The van der Waals surface area contributed by atoms with E-state index in [1.165, 1.54) is 21.5 Å². The second-order valence-corrected chi connectivity index (χ2v) is 12.8. The largest absolute Gasteiger partial charge is 0.456 e. The molecule has 10 aromatic rings. The normalized spacial score (nSPS) is 11.5. The van der Waals surface area contributed by atoms with Crippen LogP contribution in [0.15, 0.2) is 186 Å². The van der Waals surface area contributed by atoms with Crippen LogP contribution in [0.4, 0.5) is 17.1 Å². The Morgan fingerprint density at radius 3 is 1.63 bits per heavy atom. The minimum atomic E-state index is 0.587. The summed E-state index contributed by atoms with van der Waals surface area (Å²) in [7, 11) is 0. The van der Waals surface area contributed by atoms with Crippen molar-refractivity contribution in [2.45, 2.75) is 0 Å². The molecule has 0 saturated heterocycles. The molecule has 0 atom stereocenters. The molecule has 0 fully saturated rings. The van der Waals surface area contributed by atoms with Gasteiger partial charge in [0.25, 0.3) is 0 Å². The third-order valence-electron chi connectivity index (χ3n) is 9.68. The Morgan fingerprint density at radius 2 is 0.942 bits per heavy atom. The Kier molecular flexibility index (Phi) is 7.07. The maximum absolute atomic E-state index is 6.67. The lowest BCUT2D eigenvalue weighted by Crippen LogP contribution is -2.11. The Bertz CT molecular complexity index is 2850. The zero-order valence-electron chi connectivity index (χ0n) is 28.0. The van der Waals surface area contributed by atoms with Crippen molar-refractivity contribution in [3.05, 3.63) is 182 Å². The molecule has 0 aliphatic heterocycles. The monoisotopic (exact) mass is 666 g/mol. The highest BCUT2D eigenvalue weighted by Crippen LogP contribution is 2.46. The van der Waals surface area contributed by atoms with E-state index in [0.29, 0.717) is 17.5 Å². The van der Waals surface area contributed by atoms with Gasteiger partial charge < -0.3 is 9.32 Å². The van der Waals surface area contributed by atoms with Gasteiger partial charge in [-0.3, -0.25) is 0 Å². The average Bonchev–Trinajstić information content (AvgIpc) is 3.61. The second-order valence-electron chi connectivity index (χ2n) is 12.8. The van der Waals surface area contributed by atoms with E-state index in [0.717, 1.165) is 55.7 Å². The van der Waals surface area contributed by atoms with E-state index < -0.39 is 0 Å². The first kappa shape index (κ1) is 29.8. The number of hydrogen-bond donors (Lipinski definition) is 0. The summed E-state index contributed by atoms with van der Waals surface area (Å²) in [5, 5.41) is 6.87. The number of para-hydroxylation sites is 1. The van der Waals surface area contributed by atoms with Gasteiger partial charge in [0.1, 0.15) is 11.2 Å². The van der Waals surface area contributed by atoms with E-state index >= 15 is 0 Å². The van der Waals surface area contributed by atoms with Crippen LogP contribution in [0.3, 0.4) is 0 Å². The van der Waals surface area contributed by atoms with Gasteiger partial charge in [-0.25, -0.2) is 15.0 Å². The molecule has 0 amide bonds. The van der Waals surface area contributed by atoms with Crippen molar-refractivity contribution >= 4 is 60.5 Å². The van der Waals surface area contributed by atoms with Crippen molar-refractivity contribution in [2.75, 3.05) is 4.90 Å². The van der Waals surface area contributed by atoms with Crippen LogP contribution in [0.1, 0.15) is 0 Å². The standard InChI is InChI=1S/C47H30N4O/c1-4-15-31(16-5-1)45-48-46(32-17-6-2-7-18-32)50-47(49-45)34-27-28-39-43(30-34)52-42-26-14-25-40(44(39)42)51(35-20-8-3-9-21-35)41-29-33-19-10-11-22-36(33)37-23-12-13-24-38(37)41/h1-30H. The Balaban J connectivity index is 1.18. The zero-order chi connectivity index (χ0) is 34.4. The number of rotatable bonds is 6. The molecule has 2 aromatic heterocycles. The van der Waals surface area contributed by atoms with Crippen LogP contribution in [0.2, 0.25) is 0 Å². The van der Waals surface area contributed by atoms with Gasteiger partial charge in [-0.2, -0.15) is 0 Å². The summed E-state index contributed by atoms with van der Waals surface area (Å²) in [5.74, 6) is 1.83. The maximum atomic E-state index is 6.67. The number of anilines is 3. The quantitative estimate of drug-likeness (QED) is 0.165. The summed E-state index contributed by atoms with van der Waals surface area (Å²) in [6, 6.07) is 62.8. The predicted molar refractivity (Wildman–Crippen MR) is 213 cm³/mol. The van der Waals surface area contributed by atoms with E-state index in [2.05, 4.69) is 120 Å². The molecular formula is C47H30N4O. The molecule has 0 spiro atoms. The number of aromatic nitrogens is 3. The lowest BCUT2D eigenvalue weighted by atomic mass is 9.98. The van der Waals surface area contributed by atoms with E-state index in [9.17, 15) is 0 Å². The molecule has 0 radical (unpaired) electrons. The molecular weight excluding hydrogens is 637 g/mol. The highest BCUT2D eigenvalue weighted by Gasteiger charge is 2.22. The van der Waals surface area contributed by atoms with Gasteiger partial charge in [0, 0.05) is 33.2 Å². The minimum absolute atomic E-state index is 0.587. The maximum Gasteiger partial charge on any atom is 0.164 e. The van der Waals surface area contributed by atoms with Crippen molar-refractivity contribution < 1.29 is 4.42 Å². The van der Waals surface area contributed by atoms with Crippen molar-refractivity contribution in [2.24, 2.45) is 0 Å². The summed E-state index contributed by atoms with van der Waals surface area (Å²) in [6.45, 7) is 0. The third-order valence-corrected chi connectivity index (χ3v) is 9.68. The summed E-state index contributed by atoms with van der Waals surface area (Å²) in [4.78, 5) is 17.2. The van der Waals surface area contributed by atoms with Crippen molar-refractivity contribution in [1.82, 2.24) is 15.0 Å². The smallest absolute Gasteiger partial charge is 0.164 e. The van der Waals surface area contributed by atoms with Crippen LogP contribution < -0.4 is 4.90 Å². The van der Waals surface area contributed by atoms with Crippen LogP contribution in [0.25, 0.3) is 77.6 Å². The molecule has 0 bridgehead atoms. The lowest BCUT2D eigenvalue weighted by molar-refractivity contribution is 0.669. The van der Waals surface area contributed by atoms with E-state index in [-0.39, 0.29) is 0 Å². The first-order valence-electron chi connectivity index (χ1n) is 17.4. The van der Waals surface area contributed by atoms with Gasteiger partial charge in [-0.05, 0) is 58.6 Å². The molecule has 0 unspecified atom stereocenters. The van der Waals surface area contributed by atoms with E-state index in [1.807, 2.05) is 66.7 Å². The molecule has 2 heterocycles. The molecule has 5 heteroatoms. The molecule has 52 heavy (non-hydrogen) atoms. The summed E-state index contributed by atoms with van der Waals surface area (Å²) >= 11 is 0. The van der Waals surface area contributed by atoms with Gasteiger partial charge in [0.2, 0.25) is 0 Å². The summed E-state index contributed by atoms with van der Waals surface area (Å²) < 4.78 is 6.67. The van der Waals surface area contributed by atoms with Gasteiger partial charge in [0.05, 0.1) is 16.8 Å². The summed E-state index contributed by atoms with van der Waals surface area (Å²) in [5.41, 5.74) is 7.49. The molecule has 0 aliphatic carbocycles. The first-order valence-corrected chi connectivity index (χ1v) is 17.4.